The van der Waals surface area contributed by atoms with Crippen molar-refractivity contribution in [3.63, 3.8) is 0 Å². The van der Waals surface area contributed by atoms with Gasteiger partial charge in [-0.15, -0.1) is 12.4 Å². The summed E-state index contributed by atoms with van der Waals surface area (Å²) in [6.45, 7) is 5.36. The molecule has 0 saturated carbocycles. The number of piperidine rings is 1. The molecule has 0 unspecified atom stereocenters. The quantitative estimate of drug-likeness (QED) is 0.871. The van der Waals surface area contributed by atoms with Crippen molar-refractivity contribution >= 4 is 18.3 Å². The number of hydrogen-bond donors (Lipinski definition) is 1. The first-order valence-electron chi connectivity index (χ1n) is 9.37. The second-order valence-electron chi connectivity index (χ2n) is 7.29. The van der Waals surface area contributed by atoms with Crippen LogP contribution in [-0.4, -0.2) is 36.5 Å². The van der Waals surface area contributed by atoms with Crippen LogP contribution < -0.4 is 5.73 Å². The summed E-state index contributed by atoms with van der Waals surface area (Å²) >= 11 is 0. The van der Waals surface area contributed by atoms with Crippen molar-refractivity contribution in [3.8, 4) is 0 Å². The number of benzene rings is 1. The summed E-state index contributed by atoms with van der Waals surface area (Å²) in [5.41, 5.74) is 9.41. The van der Waals surface area contributed by atoms with Crippen molar-refractivity contribution in [1.82, 2.24) is 4.90 Å². The molecule has 25 heavy (non-hydrogen) atoms. The average molecular weight is 367 g/mol. The fourth-order valence-electron chi connectivity index (χ4n) is 4.13. The molecule has 2 aliphatic rings. The Morgan fingerprint density at radius 1 is 1.36 bits per heavy atom. The molecule has 2 N–H and O–H groups in total. The van der Waals surface area contributed by atoms with Gasteiger partial charge in [0.15, 0.2) is 0 Å². The highest BCUT2D eigenvalue weighted by molar-refractivity contribution is 5.85. The summed E-state index contributed by atoms with van der Waals surface area (Å²) in [6.07, 6.45) is 5.84. The Hall–Kier alpha value is -1.10. The zero-order valence-corrected chi connectivity index (χ0v) is 16.0. The molecule has 1 fully saturated rings. The summed E-state index contributed by atoms with van der Waals surface area (Å²) in [6, 6.07) is 6.81. The van der Waals surface area contributed by atoms with Crippen molar-refractivity contribution in [3.05, 3.63) is 34.9 Å². The van der Waals surface area contributed by atoms with Gasteiger partial charge in [-0.25, -0.2) is 0 Å². The number of nitrogens with two attached hydrogens (primary N) is 1. The van der Waals surface area contributed by atoms with Crippen LogP contribution in [0.1, 0.15) is 49.3 Å². The SMILES string of the molecule is C[C@@H]1CCCN(C(=O)Cc2ccc3c(c2)COCC3)[C@@H]1CCCN.Cl. The van der Waals surface area contributed by atoms with Gasteiger partial charge in [-0.1, -0.05) is 25.1 Å². The van der Waals surface area contributed by atoms with Gasteiger partial charge in [0.25, 0.3) is 0 Å². The van der Waals surface area contributed by atoms with Gasteiger partial charge in [-0.05, 0) is 61.3 Å². The minimum Gasteiger partial charge on any atom is -0.376 e. The van der Waals surface area contributed by atoms with Crippen LogP contribution in [0.2, 0.25) is 0 Å². The molecule has 3 rings (SSSR count). The number of rotatable bonds is 5. The zero-order chi connectivity index (χ0) is 16.9. The van der Waals surface area contributed by atoms with Crippen LogP contribution in [-0.2, 0) is 29.0 Å². The number of halogens is 1. The molecule has 0 spiro atoms. The van der Waals surface area contributed by atoms with Crippen molar-refractivity contribution in [2.75, 3.05) is 19.7 Å². The Bertz CT molecular complexity index is 579. The van der Waals surface area contributed by atoms with Crippen LogP contribution in [0.25, 0.3) is 0 Å². The Morgan fingerprint density at radius 2 is 2.20 bits per heavy atom. The van der Waals surface area contributed by atoms with Gasteiger partial charge < -0.3 is 15.4 Å². The standard InChI is InChI=1S/C20H30N2O2.ClH/c1-15-4-3-10-22(19(15)5-2-9-21)20(23)13-16-6-7-17-8-11-24-14-18(17)12-16;/h6-7,12,15,19H,2-5,8-11,13-14,21H2,1H3;1H/t15-,19-;/m1./s1. The van der Waals surface area contributed by atoms with Crippen LogP contribution in [0.4, 0.5) is 0 Å². The van der Waals surface area contributed by atoms with E-state index in [1.165, 1.54) is 17.5 Å². The van der Waals surface area contributed by atoms with Crippen molar-refractivity contribution in [2.45, 2.75) is 58.1 Å². The van der Waals surface area contributed by atoms with Gasteiger partial charge >= 0.3 is 0 Å². The lowest BCUT2D eigenvalue weighted by Crippen LogP contribution is -2.48. The van der Waals surface area contributed by atoms with Crippen LogP contribution in [0, 0.1) is 5.92 Å². The number of fused-ring (bicyclic) bond motifs is 1. The van der Waals surface area contributed by atoms with Crippen LogP contribution in [0.3, 0.4) is 0 Å². The van der Waals surface area contributed by atoms with E-state index in [9.17, 15) is 4.79 Å². The number of hydrogen-bond acceptors (Lipinski definition) is 3. The maximum absolute atomic E-state index is 12.9. The predicted molar refractivity (Wildman–Crippen MR) is 103 cm³/mol. The normalized spacial score (nSPS) is 22.9. The molecule has 0 radical (unpaired) electrons. The Balaban J connectivity index is 0.00000225. The van der Waals surface area contributed by atoms with E-state index < -0.39 is 0 Å². The van der Waals surface area contributed by atoms with E-state index in [2.05, 4.69) is 30.0 Å². The first kappa shape index (κ1) is 20.2. The Kier molecular flexibility index (Phi) is 7.73. The predicted octanol–water partition coefficient (Wildman–Crippen LogP) is 3.09. The van der Waals surface area contributed by atoms with E-state index in [1.54, 1.807) is 0 Å². The third-order valence-corrected chi connectivity index (χ3v) is 5.54. The number of ether oxygens (including phenoxy) is 1. The van der Waals surface area contributed by atoms with E-state index in [0.29, 0.717) is 31.5 Å². The highest BCUT2D eigenvalue weighted by atomic mass is 35.5. The van der Waals surface area contributed by atoms with Crippen molar-refractivity contribution < 1.29 is 9.53 Å². The van der Waals surface area contributed by atoms with E-state index in [1.807, 2.05) is 0 Å². The van der Waals surface area contributed by atoms with Crippen LogP contribution in [0.5, 0.6) is 0 Å². The van der Waals surface area contributed by atoms with Crippen LogP contribution in [0.15, 0.2) is 18.2 Å². The maximum atomic E-state index is 12.9. The molecule has 0 aromatic heterocycles. The van der Waals surface area contributed by atoms with E-state index in [-0.39, 0.29) is 18.3 Å². The van der Waals surface area contributed by atoms with Gasteiger partial charge in [0.05, 0.1) is 19.6 Å². The number of carbonyl (C=O) groups excluding carboxylic acids is 1. The highest BCUT2D eigenvalue weighted by Crippen LogP contribution is 2.27. The molecule has 4 nitrogen and oxygen atoms in total. The van der Waals surface area contributed by atoms with E-state index in [0.717, 1.165) is 44.4 Å². The van der Waals surface area contributed by atoms with Gasteiger partial charge in [-0.3, -0.25) is 4.79 Å². The smallest absolute Gasteiger partial charge is 0.227 e. The second-order valence-corrected chi connectivity index (χ2v) is 7.29. The lowest BCUT2D eigenvalue weighted by molar-refractivity contribution is -0.135. The lowest BCUT2D eigenvalue weighted by Gasteiger charge is -2.40. The molecular weight excluding hydrogens is 336 g/mol. The molecule has 0 aliphatic carbocycles. The molecule has 1 amide bonds. The Morgan fingerprint density at radius 3 is 3.00 bits per heavy atom. The summed E-state index contributed by atoms with van der Waals surface area (Å²) < 4.78 is 5.54. The molecule has 1 saturated heterocycles. The van der Waals surface area contributed by atoms with Crippen LogP contribution >= 0.6 is 12.4 Å². The third kappa shape index (κ3) is 4.96. The van der Waals surface area contributed by atoms with Gasteiger partial charge in [0.2, 0.25) is 5.91 Å². The minimum atomic E-state index is 0. The molecule has 0 bridgehead atoms. The van der Waals surface area contributed by atoms with E-state index >= 15 is 0 Å². The summed E-state index contributed by atoms with van der Waals surface area (Å²) in [7, 11) is 0. The average Bonchev–Trinajstić information content (AvgIpc) is 2.60. The number of amides is 1. The van der Waals surface area contributed by atoms with Gasteiger partial charge in [0.1, 0.15) is 0 Å². The highest BCUT2D eigenvalue weighted by Gasteiger charge is 2.31. The molecule has 2 heterocycles. The fraction of sp³-hybridized carbons (Fsp3) is 0.650. The number of carbonyl (C=O) groups is 1. The fourth-order valence-corrected chi connectivity index (χ4v) is 4.13. The molecule has 2 aliphatic heterocycles. The van der Waals surface area contributed by atoms with Crippen molar-refractivity contribution in [2.24, 2.45) is 11.7 Å². The summed E-state index contributed by atoms with van der Waals surface area (Å²) in [4.78, 5) is 15.0. The second kappa shape index (κ2) is 9.56. The molecule has 1 aromatic rings. The molecule has 2 atom stereocenters. The molecule has 5 heteroatoms. The lowest BCUT2D eigenvalue weighted by atomic mass is 9.87. The summed E-state index contributed by atoms with van der Waals surface area (Å²) in [5.74, 6) is 0.839. The zero-order valence-electron chi connectivity index (χ0n) is 15.2. The monoisotopic (exact) mass is 366 g/mol. The minimum absolute atomic E-state index is 0. The first-order valence-corrected chi connectivity index (χ1v) is 9.37. The first-order chi connectivity index (χ1) is 11.7. The van der Waals surface area contributed by atoms with Gasteiger partial charge in [0, 0.05) is 12.6 Å². The topological polar surface area (TPSA) is 55.6 Å². The molecular formula is C20H31ClN2O2. The third-order valence-electron chi connectivity index (χ3n) is 5.54. The molecule has 1 aromatic carbocycles. The maximum Gasteiger partial charge on any atom is 0.227 e. The number of nitrogens with zero attached hydrogens (tertiary/aromatic N) is 1. The largest absolute Gasteiger partial charge is 0.376 e. The van der Waals surface area contributed by atoms with Gasteiger partial charge in [-0.2, -0.15) is 0 Å². The van der Waals surface area contributed by atoms with E-state index in [4.69, 9.17) is 10.5 Å². The summed E-state index contributed by atoms with van der Waals surface area (Å²) in [5, 5.41) is 0. The number of likely N-dealkylation sites (tertiary alicyclic amines) is 1. The van der Waals surface area contributed by atoms with Crippen molar-refractivity contribution in [1.29, 1.82) is 0 Å². The Labute approximate surface area is 157 Å². The molecule has 140 valence electrons.